The maximum atomic E-state index is 13.1. The van der Waals surface area contributed by atoms with Crippen LogP contribution in [0.4, 0.5) is 5.69 Å². The molecule has 0 atom stereocenters. The molecule has 1 aromatic heterocycles. The van der Waals surface area contributed by atoms with Gasteiger partial charge in [-0.05, 0) is 54.6 Å². The molecule has 3 heterocycles. The number of hydrogen-bond acceptors (Lipinski definition) is 5. The van der Waals surface area contributed by atoms with Crippen molar-refractivity contribution in [1.82, 2.24) is 4.90 Å². The van der Waals surface area contributed by atoms with E-state index in [0.717, 1.165) is 16.9 Å². The van der Waals surface area contributed by atoms with Crippen LogP contribution in [-0.2, 0) is 13.0 Å². The van der Waals surface area contributed by atoms with E-state index in [4.69, 9.17) is 37.1 Å². The molecular formula is C28H20Cl2N2O5. The lowest BCUT2D eigenvalue weighted by molar-refractivity contribution is 0.0729. The number of benzene rings is 3. The predicted octanol–water partition coefficient (Wildman–Crippen LogP) is 6.43. The van der Waals surface area contributed by atoms with Crippen LogP contribution in [0.5, 0.6) is 11.5 Å². The smallest absolute Gasteiger partial charge is 0.257 e. The number of hydrogen-bond donors (Lipinski definition) is 1. The van der Waals surface area contributed by atoms with Crippen molar-refractivity contribution >= 4 is 40.7 Å². The maximum absolute atomic E-state index is 13.1. The molecule has 37 heavy (non-hydrogen) atoms. The summed E-state index contributed by atoms with van der Waals surface area (Å²) in [5, 5.41) is 3.61. The molecule has 2 aliphatic rings. The summed E-state index contributed by atoms with van der Waals surface area (Å²) < 4.78 is 16.9. The highest BCUT2D eigenvalue weighted by molar-refractivity contribution is 6.37. The van der Waals surface area contributed by atoms with Crippen LogP contribution < -0.4 is 14.8 Å². The van der Waals surface area contributed by atoms with Crippen molar-refractivity contribution in [3.63, 3.8) is 0 Å². The van der Waals surface area contributed by atoms with Crippen molar-refractivity contribution in [2.75, 3.05) is 18.7 Å². The van der Waals surface area contributed by atoms with Gasteiger partial charge in [-0.2, -0.15) is 0 Å². The summed E-state index contributed by atoms with van der Waals surface area (Å²) in [5.41, 5.74) is 3.25. The lowest BCUT2D eigenvalue weighted by Crippen LogP contribution is -2.35. The normalized spacial score (nSPS) is 13.8. The topological polar surface area (TPSA) is 81.0 Å². The van der Waals surface area contributed by atoms with Gasteiger partial charge in [0.15, 0.2) is 11.5 Å². The van der Waals surface area contributed by atoms with Crippen LogP contribution >= 0.6 is 23.2 Å². The van der Waals surface area contributed by atoms with E-state index < -0.39 is 0 Å². The van der Waals surface area contributed by atoms with E-state index in [1.165, 1.54) is 6.07 Å². The van der Waals surface area contributed by atoms with Gasteiger partial charge < -0.3 is 24.1 Å². The van der Waals surface area contributed by atoms with Crippen LogP contribution in [0, 0.1) is 0 Å². The molecule has 3 aromatic carbocycles. The Labute approximate surface area is 222 Å². The van der Waals surface area contributed by atoms with Crippen molar-refractivity contribution in [3.8, 4) is 22.8 Å². The second kappa shape index (κ2) is 9.50. The summed E-state index contributed by atoms with van der Waals surface area (Å²) in [6.45, 7) is 1.15. The highest BCUT2D eigenvalue weighted by atomic mass is 35.5. The molecule has 186 valence electrons. The van der Waals surface area contributed by atoms with Crippen molar-refractivity contribution in [3.05, 3.63) is 99.2 Å². The first-order valence-corrected chi connectivity index (χ1v) is 12.4. The first-order valence-electron chi connectivity index (χ1n) is 11.6. The number of furan rings is 1. The minimum atomic E-state index is -0.338. The molecule has 0 spiro atoms. The molecule has 1 N–H and O–H groups in total. The van der Waals surface area contributed by atoms with Gasteiger partial charge in [-0.25, -0.2) is 0 Å². The molecule has 0 saturated carbocycles. The molecule has 0 unspecified atom stereocenters. The van der Waals surface area contributed by atoms with Crippen LogP contribution in [-0.4, -0.2) is 30.1 Å². The van der Waals surface area contributed by atoms with Crippen molar-refractivity contribution in [2.45, 2.75) is 13.0 Å². The van der Waals surface area contributed by atoms with Crippen molar-refractivity contribution in [1.29, 1.82) is 0 Å². The number of carbonyl (C=O) groups excluding carboxylic acids is 2. The number of halogens is 2. The van der Waals surface area contributed by atoms with Crippen LogP contribution in [0.25, 0.3) is 11.3 Å². The lowest BCUT2D eigenvalue weighted by Gasteiger charge is -2.26. The number of fused-ring (bicyclic) bond motifs is 2. The van der Waals surface area contributed by atoms with Crippen LogP contribution in [0.15, 0.2) is 71.1 Å². The SMILES string of the molecule is O=C(Nc1cccc(-c2cc3c(o2)CCN(C(=O)c2ccc4c(c2)OCO4)C3)c1)c1ccc(Cl)cc1Cl. The van der Waals surface area contributed by atoms with Gasteiger partial charge in [0.2, 0.25) is 6.79 Å². The zero-order valence-electron chi connectivity index (χ0n) is 19.4. The summed E-state index contributed by atoms with van der Waals surface area (Å²) in [7, 11) is 0. The number of nitrogens with zero attached hydrogens (tertiary/aromatic N) is 1. The average molecular weight is 535 g/mol. The molecule has 0 fully saturated rings. The fraction of sp³-hybridized carbons (Fsp3) is 0.143. The van der Waals surface area contributed by atoms with Gasteiger partial charge >= 0.3 is 0 Å². The highest BCUT2D eigenvalue weighted by Crippen LogP contribution is 2.35. The third-order valence-electron chi connectivity index (χ3n) is 6.35. The highest BCUT2D eigenvalue weighted by Gasteiger charge is 2.26. The van der Waals surface area contributed by atoms with Crippen molar-refractivity contribution < 1.29 is 23.5 Å². The predicted molar refractivity (Wildman–Crippen MR) is 140 cm³/mol. The van der Waals surface area contributed by atoms with Gasteiger partial charge in [-0.1, -0.05) is 35.3 Å². The Morgan fingerprint density at radius 1 is 0.919 bits per heavy atom. The number of nitrogens with one attached hydrogen (secondary N) is 1. The minimum Gasteiger partial charge on any atom is -0.461 e. The van der Waals surface area contributed by atoms with E-state index in [9.17, 15) is 9.59 Å². The third-order valence-corrected chi connectivity index (χ3v) is 6.90. The maximum Gasteiger partial charge on any atom is 0.257 e. The molecule has 0 radical (unpaired) electrons. The van der Waals surface area contributed by atoms with Gasteiger partial charge in [0.1, 0.15) is 11.5 Å². The van der Waals surface area contributed by atoms with Crippen LogP contribution in [0.1, 0.15) is 32.0 Å². The first kappa shape index (κ1) is 23.5. The number of carbonyl (C=O) groups is 2. The summed E-state index contributed by atoms with van der Waals surface area (Å²) in [6, 6.07) is 19.3. The molecule has 2 aliphatic heterocycles. The second-order valence-electron chi connectivity index (χ2n) is 8.76. The van der Waals surface area contributed by atoms with Crippen molar-refractivity contribution in [2.24, 2.45) is 0 Å². The van der Waals surface area contributed by atoms with E-state index >= 15 is 0 Å². The quantitative estimate of drug-likeness (QED) is 0.326. The van der Waals surface area contributed by atoms with Gasteiger partial charge in [-0.3, -0.25) is 9.59 Å². The Bertz CT molecular complexity index is 1550. The Kier molecular flexibility index (Phi) is 6.02. The molecule has 4 aromatic rings. The minimum absolute atomic E-state index is 0.0720. The van der Waals surface area contributed by atoms with E-state index in [-0.39, 0.29) is 23.6 Å². The fourth-order valence-electron chi connectivity index (χ4n) is 4.48. The Hall–Kier alpha value is -3.94. The Balaban J connectivity index is 1.18. The molecule has 0 saturated heterocycles. The van der Waals surface area contributed by atoms with Crippen LogP contribution in [0.3, 0.4) is 0 Å². The summed E-state index contributed by atoms with van der Waals surface area (Å²) >= 11 is 12.1. The summed E-state index contributed by atoms with van der Waals surface area (Å²) in [4.78, 5) is 27.7. The zero-order chi connectivity index (χ0) is 25.5. The second-order valence-corrected chi connectivity index (χ2v) is 9.61. The van der Waals surface area contributed by atoms with E-state index in [1.807, 2.05) is 24.3 Å². The molecule has 0 bridgehead atoms. The van der Waals surface area contributed by atoms with E-state index in [0.29, 0.717) is 58.6 Å². The average Bonchev–Trinajstić information content (AvgIpc) is 3.54. The summed E-state index contributed by atoms with van der Waals surface area (Å²) in [5.74, 6) is 2.34. The van der Waals surface area contributed by atoms with Gasteiger partial charge in [-0.15, -0.1) is 0 Å². The lowest BCUT2D eigenvalue weighted by atomic mass is 10.1. The van der Waals surface area contributed by atoms with Crippen LogP contribution in [0.2, 0.25) is 10.0 Å². The number of ether oxygens (including phenoxy) is 2. The van der Waals surface area contributed by atoms with Gasteiger partial charge in [0.25, 0.3) is 11.8 Å². The fourth-order valence-corrected chi connectivity index (χ4v) is 4.98. The van der Waals surface area contributed by atoms with Gasteiger partial charge in [0, 0.05) is 46.9 Å². The van der Waals surface area contributed by atoms with E-state index in [2.05, 4.69) is 5.32 Å². The molecule has 6 rings (SSSR count). The van der Waals surface area contributed by atoms with E-state index in [1.54, 1.807) is 41.3 Å². The Morgan fingerprint density at radius 2 is 1.78 bits per heavy atom. The molecular weight excluding hydrogens is 515 g/mol. The third kappa shape index (κ3) is 4.63. The zero-order valence-corrected chi connectivity index (χ0v) is 20.9. The number of rotatable bonds is 4. The number of amides is 2. The number of anilines is 1. The largest absolute Gasteiger partial charge is 0.461 e. The standard InChI is InChI=1S/C28H20Cl2N2O5/c29-19-5-6-21(22(30)13-19)27(33)31-20-3-1-2-16(10-20)25-12-18-14-32(9-8-23(18)37-25)28(34)17-4-7-24-26(11-17)36-15-35-24/h1-7,10-13H,8-9,14-15H2,(H,31,33). The monoisotopic (exact) mass is 534 g/mol. The first-order chi connectivity index (χ1) is 17.9. The molecule has 9 heteroatoms. The van der Waals surface area contributed by atoms with Gasteiger partial charge in [0.05, 0.1) is 10.6 Å². The summed E-state index contributed by atoms with van der Waals surface area (Å²) in [6.07, 6.45) is 0.608. The molecule has 0 aliphatic carbocycles. The molecule has 2 amide bonds. The Morgan fingerprint density at radius 3 is 2.65 bits per heavy atom. The molecule has 7 nitrogen and oxygen atoms in total.